The van der Waals surface area contributed by atoms with Gasteiger partial charge in [-0.3, -0.25) is 4.40 Å². The predicted octanol–water partition coefficient (Wildman–Crippen LogP) is 2.99. The molecule has 3 heterocycles. The molecule has 0 unspecified atom stereocenters. The van der Waals surface area contributed by atoms with E-state index in [-0.39, 0.29) is 0 Å². The van der Waals surface area contributed by atoms with Crippen LogP contribution in [0.5, 0.6) is 0 Å². The number of nitrogens with zero attached hydrogens (tertiary/aromatic N) is 5. The summed E-state index contributed by atoms with van der Waals surface area (Å²) < 4.78 is 3.98. The number of hydrogen-bond donors (Lipinski definition) is 0. The highest BCUT2D eigenvalue weighted by Gasteiger charge is 2.15. The van der Waals surface area contributed by atoms with Crippen LogP contribution in [0.2, 0.25) is 0 Å². The van der Waals surface area contributed by atoms with Crippen LogP contribution in [0, 0.1) is 6.92 Å². The molecule has 0 aliphatic carbocycles. The molecular weight excluding hydrogens is 262 g/mol. The van der Waals surface area contributed by atoms with Gasteiger partial charge in [0.15, 0.2) is 5.65 Å². The first-order valence-corrected chi connectivity index (χ1v) is 6.84. The zero-order valence-corrected chi connectivity index (χ0v) is 11.4. The average Bonchev–Trinajstić information content (AvgIpc) is 3.08. The summed E-state index contributed by atoms with van der Waals surface area (Å²) in [4.78, 5) is 9.29. The van der Waals surface area contributed by atoms with E-state index in [0.29, 0.717) is 0 Å². The van der Waals surface area contributed by atoms with Crippen LogP contribution < -0.4 is 0 Å². The van der Waals surface area contributed by atoms with Crippen molar-refractivity contribution in [2.45, 2.75) is 6.92 Å². The summed E-state index contributed by atoms with van der Waals surface area (Å²) in [7, 11) is 0. The van der Waals surface area contributed by atoms with Crippen molar-refractivity contribution in [1.82, 2.24) is 24.0 Å². The molecule has 0 aliphatic heterocycles. The highest BCUT2D eigenvalue weighted by Crippen LogP contribution is 2.25. The quantitative estimate of drug-likeness (QED) is 0.436. The van der Waals surface area contributed by atoms with Crippen molar-refractivity contribution >= 4 is 33.4 Å². The van der Waals surface area contributed by atoms with Crippen LogP contribution in [0.3, 0.4) is 0 Å². The first kappa shape index (κ1) is 10.8. The Morgan fingerprint density at radius 3 is 2.52 bits per heavy atom. The molecule has 0 bridgehead atoms. The molecule has 0 aliphatic rings. The van der Waals surface area contributed by atoms with Crippen LogP contribution in [0.4, 0.5) is 0 Å². The highest BCUT2D eigenvalue weighted by molar-refractivity contribution is 5.97. The molecular formula is C16H11N5. The number of aryl methyl sites for hydroxylation is 1. The molecule has 100 valence electrons. The van der Waals surface area contributed by atoms with Crippen molar-refractivity contribution < 1.29 is 0 Å². The number of rotatable bonds is 0. The Hall–Kier alpha value is -2.95. The molecule has 0 spiro atoms. The summed E-state index contributed by atoms with van der Waals surface area (Å²) in [6.07, 6.45) is 0. The fraction of sp³-hybridized carbons (Fsp3) is 0.0625. The van der Waals surface area contributed by atoms with Crippen molar-refractivity contribution in [3.8, 4) is 0 Å². The molecule has 21 heavy (non-hydrogen) atoms. The minimum atomic E-state index is 0.750. The fourth-order valence-corrected chi connectivity index (χ4v) is 2.98. The molecule has 5 nitrogen and oxygen atoms in total. The van der Waals surface area contributed by atoms with E-state index in [4.69, 9.17) is 4.98 Å². The largest absolute Gasteiger partial charge is 0.276 e. The van der Waals surface area contributed by atoms with E-state index in [0.717, 1.165) is 39.2 Å². The maximum atomic E-state index is 4.73. The summed E-state index contributed by atoms with van der Waals surface area (Å²) in [5.41, 5.74) is 3.99. The summed E-state index contributed by atoms with van der Waals surface area (Å²) >= 11 is 0. The van der Waals surface area contributed by atoms with Crippen LogP contribution in [0.25, 0.3) is 33.4 Å². The van der Waals surface area contributed by atoms with E-state index in [2.05, 4.69) is 32.7 Å². The van der Waals surface area contributed by atoms with Gasteiger partial charge in [-0.05, 0) is 31.2 Å². The second kappa shape index (κ2) is 3.58. The molecule has 0 saturated heterocycles. The summed E-state index contributed by atoms with van der Waals surface area (Å²) in [5, 5.41) is 5.59. The average molecular weight is 273 g/mol. The van der Waals surface area contributed by atoms with Gasteiger partial charge in [-0.1, -0.05) is 24.3 Å². The van der Waals surface area contributed by atoms with E-state index in [9.17, 15) is 0 Å². The van der Waals surface area contributed by atoms with Crippen molar-refractivity contribution in [2.75, 3.05) is 0 Å². The van der Waals surface area contributed by atoms with Crippen molar-refractivity contribution in [2.24, 2.45) is 0 Å². The molecule has 0 radical (unpaired) electrons. The summed E-state index contributed by atoms with van der Waals surface area (Å²) in [5.74, 6) is 1.55. The normalized spacial score (nSPS) is 12.0. The summed E-state index contributed by atoms with van der Waals surface area (Å²) in [6.45, 7) is 1.90. The van der Waals surface area contributed by atoms with E-state index in [1.54, 1.807) is 0 Å². The maximum Gasteiger partial charge on any atom is 0.238 e. The molecule has 0 N–H and O–H groups in total. The first-order chi connectivity index (χ1) is 10.3. The van der Waals surface area contributed by atoms with E-state index >= 15 is 0 Å². The van der Waals surface area contributed by atoms with Crippen molar-refractivity contribution in [3.05, 3.63) is 54.4 Å². The van der Waals surface area contributed by atoms with Gasteiger partial charge in [0.1, 0.15) is 5.82 Å². The lowest BCUT2D eigenvalue weighted by Gasteiger charge is -2.04. The van der Waals surface area contributed by atoms with E-state index in [1.807, 2.05) is 41.8 Å². The van der Waals surface area contributed by atoms with Gasteiger partial charge in [-0.2, -0.15) is 4.52 Å². The Morgan fingerprint density at radius 2 is 1.62 bits per heavy atom. The minimum Gasteiger partial charge on any atom is -0.276 e. The molecule has 2 aromatic carbocycles. The minimum absolute atomic E-state index is 0.750. The second-order valence-electron chi connectivity index (χ2n) is 5.15. The van der Waals surface area contributed by atoms with Crippen LogP contribution in [-0.4, -0.2) is 24.0 Å². The van der Waals surface area contributed by atoms with Gasteiger partial charge in [0.25, 0.3) is 0 Å². The molecule has 5 aromatic rings. The zero-order valence-electron chi connectivity index (χ0n) is 11.4. The van der Waals surface area contributed by atoms with Crippen molar-refractivity contribution in [3.63, 3.8) is 0 Å². The molecule has 0 fully saturated rings. The zero-order chi connectivity index (χ0) is 14.0. The highest BCUT2D eigenvalue weighted by atomic mass is 15.4. The van der Waals surface area contributed by atoms with Gasteiger partial charge >= 0.3 is 0 Å². The molecule has 0 amide bonds. The standard InChI is InChI=1S/C16H11N5/c1-10-17-15-11-6-2-4-8-13(11)20-14-9-5-3-7-12(14)18-16(20)21(15)19-10/h2-9H,1H3. The molecule has 3 aromatic heterocycles. The molecule has 5 heteroatoms. The van der Waals surface area contributed by atoms with Gasteiger partial charge in [-0.25, -0.2) is 9.97 Å². The summed E-state index contributed by atoms with van der Waals surface area (Å²) in [6, 6.07) is 16.4. The first-order valence-electron chi connectivity index (χ1n) is 6.84. The second-order valence-corrected chi connectivity index (χ2v) is 5.15. The lowest BCUT2D eigenvalue weighted by atomic mass is 10.2. The number of aromatic nitrogens is 5. The Bertz CT molecular complexity index is 1150. The number of fused-ring (bicyclic) bond motifs is 8. The van der Waals surface area contributed by atoms with Gasteiger partial charge in [-0.15, -0.1) is 5.10 Å². The topological polar surface area (TPSA) is 47.5 Å². The Labute approximate surface area is 119 Å². The fourth-order valence-electron chi connectivity index (χ4n) is 2.98. The Balaban J connectivity index is 2.24. The van der Waals surface area contributed by atoms with Gasteiger partial charge in [0.2, 0.25) is 5.78 Å². The van der Waals surface area contributed by atoms with Gasteiger partial charge in [0, 0.05) is 5.39 Å². The van der Waals surface area contributed by atoms with Gasteiger partial charge in [0.05, 0.1) is 16.6 Å². The predicted molar refractivity (Wildman–Crippen MR) is 81.5 cm³/mol. The van der Waals surface area contributed by atoms with Crippen LogP contribution >= 0.6 is 0 Å². The lowest BCUT2D eigenvalue weighted by molar-refractivity contribution is 0.927. The van der Waals surface area contributed by atoms with E-state index in [1.165, 1.54) is 0 Å². The third kappa shape index (κ3) is 1.27. The van der Waals surface area contributed by atoms with Crippen molar-refractivity contribution in [1.29, 1.82) is 0 Å². The Morgan fingerprint density at radius 1 is 0.857 bits per heavy atom. The number of imidazole rings is 1. The Kier molecular flexibility index (Phi) is 1.84. The third-order valence-electron chi connectivity index (χ3n) is 3.83. The van der Waals surface area contributed by atoms with Gasteiger partial charge < -0.3 is 0 Å². The van der Waals surface area contributed by atoms with E-state index < -0.39 is 0 Å². The lowest BCUT2D eigenvalue weighted by Crippen LogP contribution is -1.99. The SMILES string of the molecule is Cc1nc2c3ccccc3n3c4ccccc4nc3n2n1. The number of hydrogen-bond acceptors (Lipinski definition) is 3. The van der Waals surface area contributed by atoms with Crippen LogP contribution in [0.15, 0.2) is 48.5 Å². The van der Waals surface area contributed by atoms with Crippen LogP contribution in [-0.2, 0) is 0 Å². The third-order valence-corrected chi connectivity index (χ3v) is 3.83. The maximum absolute atomic E-state index is 4.73. The van der Waals surface area contributed by atoms with Crippen LogP contribution in [0.1, 0.15) is 5.82 Å². The molecule has 0 atom stereocenters. The smallest absolute Gasteiger partial charge is 0.238 e. The number of benzene rings is 2. The monoisotopic (exact) mass is 273 g/mol. The molecule has 5 rings (SSSR count). The molecule has 0 saturated carbocycles. The number of para-hydroxylation sites is 3.